The number of carbonyl (C=O) groups excluding carboxylic acids is 1. The fourth-order valence-corrected chi connectivity index (χ4v) is 4.88. The number of carbonyl (C=O) groups is 1. The Balaban J connectivity index is 1.42. The molecule has 1 aliphatic carbocycles. The van der Waals surface area contributed by atoms with Gasteiger partial charge in [0.1, 0.15) is 0 Å². The van der Waals surface area contributed by atoms with Crippen LogP contribution >= 0.6 is 0 Å². The second kappa shape index (κ2) is 7.93. The number of rotatable bonds is 6. The summed E-state index contributed by atoms with van der Waals surface area (Å²) in [5.74, 6) is -0.166. The van der Waals surface area contributed by atoms with Gasteiger partial charge in [-0.25, -0.2) is 0 Å². The second-order valence-electron chi connectivity index (χ2n) is 10.6. The first kappa shape index (κ1) is 23.6. The zero-order chi connectivity index (χ0) is 25.2. The van der Waals surface area contributed by atoms with E-state index in [0.29, 0.717) is 29.8 Å². The molecule has 0 unspecified atom stereocenters. The molecule has 1 aliphatic heterocycles. The average molecular weight is 485 g/mol. The Morgan fingerprint density at radius 3 is 2.49 bits per heavy atom. The molecule has 2 aromatic carbocycles. The minimum Gasteiger partial charge on any atom is -0.394 e. The first-order chi connectivity index (χ1) is 16.4. The van der Waals surface area contributed by atoms with E-state index in [1.165, 1.54) is 0 Å². The highest BCUT2D eigenvalue weighted by Gasteiger charge is 2.52. The number of benzene rings is 2. The molecule has 1 atom stereocenters. The Morgan fingerprint density at radius 2 is 1.83 bits per heavy atom. The number of alkyl halides is 2. The standard InChI is InChI=1S/C26H30F2N4O3/c1-24(2,3)22-11-15-10-17(5-7-21(15)32(22)13-18(34)14-33)29-23(35)25(8-9-25)16-4-6-19-20(12-16)31-26(27,28)30-19/h4-7,10-12,18,30-31,33-34H,8-9,13-14H2,1-3H3,(H,29,35)/t18-/m1/s1. The molecule has 1 aromatic heterocycles. The fraction of sp³-hybridized carbons (Fsp3) is 0.423. The molecule has 1 saturated carbocycles. The lowest BCUT2D eigenvalue weighted by molar-refractivity contribution is -0.118. The second-order valence-corrected chi connectivity index (χ2v) is 10.6. The summed E-state index contributed by atoms with van der Waals surface area (Å²) < 4.78 is 29.2. The molecule has 5 N–H and O–H groups in total. The summed E-state index contributed by atoms with van der Waals surface area (Å²) in [5, 5.41) is 27.6. The smallest absolute Gasteiger partial charge is 0.394 e. The summed E-state index contributed by atoms with van der Waals surface area (Å²) in [6, 6.07) is 12.6. The number of halogens is 2. The van der Waals surface area contributed by atoms with Gasteiger partial charge in [0, 0.05) is 27.7 Å². The lowest BCUT2D eigenvalue weighted by atomic mass is 9.92. The molecular formula is C26H30F2N4O3. The van der Waals surface area contributed by atoms with Crippen LogP contribution in [0.1, 0.15) is 44.9 Å². The van der Waals surface area contributed by atoms with E-state index in [1.54, 1.807) is 18.2 Å². The van der Waals surface area contributed by atoms with E-state index in [1.807, 2.05) is 28.8 Å². The molecule has 0 bridgehead atoms. The van der Waals surface area contributed by atoms with Crippen molar-refractivity contribution in [3.05, 3.63) is 53.7 Å². The molecule has 0 spiro atoms. The molecule has 35 heavy (non-hydrogen) atoms. The van der Waals surface area contributed by atoms with Crippen LogP contribution in [0.3, 0.4) is 0 Å². The van der Waals surface area contributed by atoms with E-state index in [-0.39, 0.29) is 30.2 Å². The van der Waals surface area contributed by atoms with Gasteiger partial charge in [-0.3, -0.25) is 4.79 Å². The topological polar surface area (TPSA) is 98.6 Å². The number of amides is 1. The van der Waals surface area contributed by atoms with Gasteiger partial charge in [0.2, 0.25) is 5.91 Å². The van der Waals surface area contributed by atoms with Crippen LogP contribution in [-0.4, -0.2) is 39.6 Å². The van der Waals surface area contributed by atoms with Crippen molar-refractivity contribution in [2.45, 2.75) is 63.3 Å². The Bertz CT molecular complexity index is 1310. The fourth-order valence-electron chi connectivity index (χ4n) is 4.88. The van der Waals surface area contributed by atoms with Crippen LogP contribution < -0.4 is 16.0 Å². The van der Waals surface area contributed by atoms with Gasteiger partial charge < -0.3 is 30.7 Å². The quantitative estimate of drug-likeness (QED) is 0.335. The van der Waals surface area contributed by atoms with E-state index in [2.05, 4.69) is 36.7 Å². The van der Waals surface area contributed by atoms with E-state index in [0.717, 1.165) is 16.6 Å². The number of aromatic nitrogens is 1. The van der Waals surface area contributed by atoms with Gasteiger partial charge in [0.05, 0.1) is 36.0 Å². The third-order valence-electron chi connectivity index (χ3n) is 6.87. The average Bonchev–Trinajstić information content (AvgIpc) is 3.42. The largest absolute Gasteiger partial charge is 0.409 e. The number of hydrogen-bond donors (Lipinski definition) is 5. The summed E-state index contributed by atoms with van der Waals surface area (Å²) in [4.78, 5) is 13.3. The van der Waals surface area contributed by atoms with Gasteiger partial charge in [-0.2, -0.15) is 8.78 Å². The maximum atomic E-state index is 13.6. The van der Waals surface area contributed by atoms with Crippen LogP contribution in [0.2, 0.25) is 0 Å². The molecule has 2 heterocycles. The summed E-state index contributed by atoms with van der Waals surface area (Å²) in [6.45, 7) is 6.19. The molecular weight excluding hydrogens is 454 g/mol. The summed E-state index contributed by atoms with van der Waals surface area (Å²) >= 11 is 0. The Kier molecular flexibility index (Phi) is 5.34. The summed E-state index contributed by atoms with van der Waals surface area (Å²) in [7, 11) is 0. The molecule has 5 rings (SSSR count). The van der Waals surface area contributed by atoms with Crippen LogP contribution in [0.4, 0.5) is 25.8 Å². The van der Waals surface area contributed by atoms with Crippen LogP contribution in [0.25, 0.3) is 10.9 Å². The predicted octanol–water partition coefficient (Wildman–Crippen LogP) is 4.35. The predicted molar refractivity (Wildman–Crippen MR) is 132 cm³/mol. The van der Waals surface area contributed by atoms with E-state index < -0.39 is 17.7 Å². The van der Waals surface area contributed by atoms with Crippen LogP contribution in [0, 0.1) is 0 Å². The minimum atomic E-state index is -3.20. The van der Waals surface area contributed by atoms with Gasteiger partial charge in [0.15, 0.2) is 0 Å². The van der Waals surface area contributed by atoms with Crippen molar-refractivity contribution < 1.29 is 23.8 Å². The van der Waals surface area contributed by atoms with E-state index in [9.17, 15) is 23.8 Å². The van der Waals surface area contributed by atoms with E-state index in [4.69, 9.17) is 0 Å². The van der Waals surface area contributed by atoms with Crippen LogP contribution in [0.15, 0.2) is 42.5 Å². The molecule has 1 fully saturated rings. The van der Waals surface area contributed by atoms with Crippen molar-refractivity contribution in [2.24, 2.45) is 0 Å². The van der Waals surface area contributed by atoms with Gasteiger partial charge in [-0.1, -0.05) is 26.8 Å². The first-order valence-corrected chi connectivity index (χ1v) is 11.7. The highest BCUT2D eigenvalue weighted by atomic mass is 19.3. The normalized spacial score (nSPS) is 18.5. The number of aliphatic hydroxyl groups excluding tert-OH is 2. The van der Waals surface area contributed by atoms with Gasteiger partial charge >= 0.3 is 6.17 Å². The molecule has 1 amide bonds. The molecule has 2 aliphatic rings. The van der Waals surface area contributed by atoms with Crippen molar-refractivity contribution in [3.63, 3.8) is 0 Å². The molecule has 0 saturated heterocycles. The van der Waals surface area contributed by atoms with Crippen molar-refractivity contribution in [2.75, 3.05) is 22.6 Å². The highest BCUT2D eigenvalue weighted by molar-refractivity contribution is 6.03. The monoisotopic (exact) mass is 484 g/mol. The third-order valence-corrected chi connectivity index (χ3v) is 6.87. The number of hydrogen-bond acceptors (Lipinski definition) is 5. The minimum absolute atomic E-state index is 0.166. The number of nitrogens with zero attached hydrogens (tertiary/aromatic N) is 1. The Hall–Kier alpha value is -3.17. The zero-order valence-corrected chi connectivity index (χ0v) is 20.0. The molecule has 7 nitrogen and oxygen atoms in total. The summed E-state index contributed by atoms with van der Waals surface area (Å²) in [5.41, 5.74) is 2.93. The van der Waals surface area contributed by atoms with Crippen molar-refractivity contribution in [1.82, 2.24) is 4.57 Å². The lowest BCUT2D eigenvalue weighted by Gasteiger charge is -2.23. The number of anilines is 3. The highest BCUT2D eigenvalue weighted by Crippen LogP contribution is 2.51. The Morgan fingerprint density at radius 1 is 1.11 bits per heavy atom. The van der Waals surface area contributed by atoms with Crippen LogP contribution in [0.5, 0.6) is 0 Å². The SMILES string of the molecule is CC(C)(C)c1cc2cc(NC(=O)C3(c4ccc5c(c4)NC(F)(F)N5)CC3)ccc2n1C[C@@H](O)CO. The number of aliphatic hydroxyl groups is 2. The number of fused-ring (bicyclic) bond motifs is 2. The van der Waals surface area contributed by atoms with Gasteiger partial charge in [-0.05, 0) is 54.8 Å². The van der Waals surface area contributed by atoms with Gasteiger partial charge in [-0.15, -0.1) is 0 Å². The van der Waals surface area contributed by atoms with Crippen molar-refractivity contribution in [3.8, 4) is 0 Å². The summed E-state index contributed by atoms with van der Waals surface area (Å²) in [6.07, 6.45) is -2.79. The first-order valence-electron chi connectivity index (χ1n) is 11.7. The van der Waals surface area contributed by atoms with Crippen LogP contribution in [-0.2, 0) is 22.2 Å². The maximum absolute atomic E-state index is 13.6. The van der Waals surface area contributed by atoms with Gasteiger partial charge in [0.25, 0.3) is 0 Å². The molecule has 0 radical (unpaired) electrons. The molecule has 3 aromatic rings. The van der Waals surface area contributed by atoms with Crippen molar-refractivity contribution in [1.29, 1.82) is 0 Å². The number of nitrogens with one attached hydrogen (secondary N) is 3. The van der Waals surface area contributed by atoms with E-state index >= 15 is 0 Å². The lowest BCUT2D eigenvalue weighted by Crippen LogP contribution is -2.30. The van der Waals surface area contributed by atoms with Crippen molar-refractivity contribution >= 4 is 33.9 Å². The third kappa shape index (κ3) is 4.23. The Labute approximate surface area is 202 Å². The maximum Gasteiger partial charge on any atom is 0.409 e. The molecule has 186 valence electrons. The molecule has 9 heteroatoms. The zero-order valence-electron chi connectivity index (χ0n) is 20.0.